The lowest BCUT2D eigenvalue weighted by atomic mass is 9.79. The molecule has 0 aromatic rings. The van der Waals surface area contributed by atoms with Crippen LogP contribution in [-0.2, 0) is 0 Å². The van der Waals surface area contributed by atoms with Crippen LogP contribution >= 0.6 is 23.2 Å². The fraction of sp³-hybridized carbons (Fsp3) is 1.00. The monoisotopic (exact) mass is 208 g/mol. The van der Waals surface area contributed by atoms with Crippen LogP contribution in [0.25, 0.3) is 0 Å². The van der Waals surface area contributed by atoms with Gasteiger partial charge >= 0.3 is 0 Å². The van der Waals surface area contributed by atoms with Gasteiger partial charge in [0.15, 0.2) is 0 Å². The van der Waals surface area contributed by atoms with E-state index in [9.17, 15) is 0 Å². The molecule has 1 fully saturated rings. The minimum Gasteiger partial charge on any atom is -0.123 e. The van der Waals surface area contributed by atoms with Crippen LogP contribution in [0.3, 0.4) is 0 Å². The minimum absolute atomic E-state index is 0.344. The summed E-state index contributed by atoms with van der Waals surface area (Å²) in [6.45, 7) is 4.22. The van der Waals surface area contributed by atoms with Crippen LogP contribution in [0.1, 0.15) is 39.5 Å². The van der Waals surface area contributed by atoms with Gasteiger partial charge in [0, 0.05) is 10.8 Å². The number of hydrogen-bond acceptors (Lipinski definition) is 0. The summed E-state index contributed by atoms with van der Waals surface area (Å²) < 4.78 is 0. The highest BCUT2D eigenvalue weighted by molar-refractivity contribution is 6.20. The maximum atomic E-state index is 6.05. The summed E-state index contributed by atoms with van der Waals surface area (Å²) in [5.41, 5.74) is 0. The quantitative estimate of drug-likeness (QED) is 0.602. The lowest BCUT2D eigenvalue weighted by Crippen LogP contribution is -2.24. The minimum atomic E-state index is 0.344. The zero-order valence-electron chi connectivity index (χ0n) is 7.89. The Morgan fingerprint density at radius 3 is 1.25 bits per heavy atom. The topological polar surface area (TPSA) is 0 Å². The van der Waals surface area contributed by atoms with Gasteiger partial charge in [-0.3, -0.25) is 0 Å². The molecule has 1 saturated carbocycles. The molecule has 1 rings (SSSR count). The lowest BCUT2D eigenvalue weighted by Gasteiger charge is -2.31. The van der Waals surface area contributed by atoms with E-state index in [0.717, 1.165) is 11.8 Å². The molecule has 0 spiro atoms. The average Bonchev–Trinajstić information content (AvgIpc) is 2.04. The van der Waals surface area contributed by atoms with Crippen molar-refractivity contribution in [3.05, 3.63) is 0 Å². The summed E-state index contributed by atoms with van der Waals surface area (Å²) >= 11 is 12.1. The van der Waals surface area contributed by atoms with Crippen molar-refractivity contribution < 1.29 is 0 Å². The van der Waals surface area contributed by atoms with Crippen molar-refractivity contribution >= 4 is 23.2 Å². The van der Waals surface area contributed by atoms with Gasteiger partial charge in [-0.25, -0.2) is 0 Å². The summed E-state index contributed by atoms with van der Waals surface area (Å²) in [5.74, 6) is 1.47. The summed E-state index contributed by atoms with van der Waals surface area (Å²) in [4.78, 5) is 0. The van der Waals surface area contributed by atoms with Crippen molar-refractivity contribution in [2.24, 2.45) is 11.8 Å². The molecule has 2 atom stereocenters. The molecule has 12 heavy (non-hydrogen) atoms. The number of halogens is 2. The molecule has 72 valence electrons. The lowest BCUT2D eigenvalue weighted by molar-refractivity contribution is 0.270. The maximum Gasteiger partial charge on any atom is 0.0336 e. The molecule has 0 radical (unpaired) electrons. The molecular weight excluding hydrogens is 191 g/mol. The van der Waals surface area contributed by atoms with Gasteiger partial charge in [0.05, 0.1) is 0 Å². The Hall–Kier alpha value is 0.580. The van der Waals surface area contributed by atoms with Crippen molar-refractivity contribution in [1.29, 1.82) is 0 Å². The van der Waals surface area contributed by atoms with E-state index in [1.807, 2.05) is 0 Å². The zero-order valence-corrected chi connectivity index (χ0v) is 9.41. The van der Waals surface area contributed by atoms with Crippen molar-refractivity contribution in [2.75, 3.05) is 0 Å². The van der Waals surface area contributed by atoms with Crippen LogP contribution in [0.2, 0.25) is 0 Å². The van der Waals surface area contributed by atoms with Crippen LogP contribution in [-0.4, -0.2) is 10.8 Å². The molecule has 1 aliphatic rings. The third-order valence-corrected chi connectivity index (χ3v) is 3.83. The van der Waals surface area contributed by atoms with Gasteiger partial charge in [-0.15, -0.1) is 23.2 Å². The summed E-state index contributed by atoms with van der Waals surface area (Å²) in [5, 5.41) is 0.688. The summed E-state index contributed by atoms with van der Waals surface area (Å²) in [6, 6.07) is 0. The van der Waals surface area contributed by atoms with Gasteiger partial charge in [0.1, 0.15) is 0 Å². The molecule has 2 unspecified atom stereocenters. The predicted molar refractivity (Wildman–Crippen MR) is 56.1 cm³/mol. The highest BCUT2D eigenvalue weighted by Crippen LogP contribution is 2.35. The highest BCUT2D eigenvalue weighted by Gasteiger charge is 2.26. The Morgan fingerprint density at radius 2 is 1.08 bits per heavy atom. The first kappa shape index (κ1) is 10.7. The second-order valence-corrected chi connectivity index (χ2v) is 5.41. The third kappa shape index (κ3) is 2.81. The third-order valence-electron chi connectivity index (χ3n) is 3.12. The van der Waals surface area contributed by atoms with E-state index in [-0.39, 0.29) is 0 Å². The molecule has 0 N–H and O–H groups in total. The fourth-order valence-corrected chi connectivity index (χ4v) is 2.57. The van der Waals surface area contributed by atoms with E-state index in [1.54, 1.807) is 0 Å². The van der Waals surface area contributed by atoms with Crippen LogP contribution in [0.4, 0.5) is 0 Å². The van der Waals surface area contributed by atoms with Gasteiger partial charge in [0.25, 0.3) is 0 Å². The van der Waals surface area contributed by atoms with Crippen LogP contribution in [0.15, 0.2) is 0 Å². The van der Waals surface area contributed by atoms with Crippen LogP contribution in [0, 0.1) is 11.8 Å². The Morgan fingerprint density at radius 1 is 0.833 bits per heavy atom. The summed E-state index contributed by atoms with van der Waals surface area (Å²) in [6.07, 6.45) is 5.08. The van der Waals surface area contributed by atoms with E-state index in [4.69, 9.17) is 23.2 Å². The molecule has 0 saturated heterocycles. The van der Waals surface area contributed by atoms with E-state index >= 15 is 0 Å². The molecule has 0 aliphatic heterocycles. The van der Waals surface area contributed by atoms with Crippen molar-refractivity contribution in [3.63, 3.8) is 0 Å². The number of hydrogen-bond donors (Lipinski definition) is 0. The van der Waals surface area contributed by atoms with Crippen molar-refractivity contribution in [1.82, 2.24) is 0 Å². The number of alkyl halides is 2. The second kappa shape index (κ2) is 4.72. The fourth-order valence-electron chi connectivity index (χ4n) is 2.06. The smallest absolute Gasteiger partial charge is 0.0336 e. The Bertz CT molecular complexity index is 108. The molecule has 0 aromatic carbocycles. The van der Waals surface area contributed by atoms with E-state index in [2.05, 4.69) is 13.8 Å². The average molecular weight is 209 g/mol. The predicted octanol–water partition coefficient (Wildman–Crippen LogP) is 4.05. The SMILES string of the molecule is CC(Cl)C1CCC(C(C)Cl)CC1. The van der Waals surface area contributed by atoms with Crippen LogP contribution in [0.5, 0.6) is 0 Å². The molecule has 2 heteroatoms. The van der Waals surface area contributed by atoms with Crippen LogP contribution < -0.4 is 0 Å². The molecule has 0 nitrogen and oxygen atoms in total. The maximum absolute atomic E-state index is 6.05. The highest BCUT2D eigenvalue weighted by atomic mass is 35.5. The van der Waals surface area contributed by atoms with Gasteiger partial charge in [-0.1, -0.05) is 0 Å². The van der Waals surface area contributed by atoms with Crippen molar-refractivity contribution in [2.45, 2.75) is 50.3 Å². The first-order chi connectivity index (χ1) is 5.61. The van der Waals surface area contributed by atoms with E-state index in [0.29, 0.717) is 10.8 Å². The van der Waals surface area contributed by atoms with Crippen molar-refractivity contribution in [3.8, 4) is 0 Å². The Labute approximate surface area is 85.6 Å². The molecule has 0 amide bonds. The number of rotatable bonds is 2. The molecule has 1 aliphatic carbocycles. The normalized spacial score (nSPS) is 36.0. The molecule has 0 bridgehead atoms. The van der Waals surface area contributed by atoms with Gasteiger partial charge in [-0.2, -0.15) is 0 Å². The van der Waals surface area contributed by atoms with Gasteiger partial charge in [-0.05, 0) is 51.4 Å². The molecule has 0 aromatic heterocycles. The standard InChI is InChI=1S/C10H18Cl2/c1-7(11)9-3-5-10(6-4-9)8(2)12/h7-10H,3-6H2,1-2H3. The Kier molecular flexibility index (Phi) is 4.19. The summed E-state index contributed by atoms with van der Waals surface area (Å²) in [7, 11) is 0. The van der Waals surface area contributed by atoms with E-state index < -0.39 is 0 Å². The Balaban J connectivity index is 2.30. The molecule has 0 heterocycles. The largest absolute Gasteiger partial charge is 0.123 e. The molecular formula is C10H18Cl2. The first-order valence-electron chi connectivity index (χ1n) is 4.89. The first-order valence-corrected chi connectivity index (χ1v) is 5.76. The second-order valence-electron chi connectivity index (χ2n) is 4.03. The van der Waals surface area contributed by atoms with Gasteiger partial charge < -0.3 is 0 Å². The zero-order chi connectivity index (χ0) is 9.14. The van der Waals surface area contributed by atoms with E-state index in [1.165, 1.54) is 25.7 Å². The van der Waals surface area contributed by atoms with Gasteiger partial charge in [0.2, 0.25) is 0 Å².